The summed E-state index contributed by atoms with van der Waals surface area (Å²) >= 11 is 1.54. The number of aromatic nitrogens is 4. The van der Waals surface area contributed by atoms with E-state index in [-0.39, 0.29) is 5.91 Å². The minimum absolute atomic E-state index is 0.131. The van der Waals surface area contributed by atoms with Gasteiger partial charge in [0.15, 0.2) is 0 Å². The number of aromatic amines is 1. The third kappa shape index (κ3) is 5.13. The van der Waals surface area contributed by atoms with E-state index in [0.717, 1.165) is 22.5 Å². The molecule has 0 saturated heterocycles. The molecule has 4 aromatic rings. The Labute approximate surface area is 172 Å². The molecule has 0 fully saturated rings. The SMILES string of the molecule is O=C(Nc1cc(-c2ccncc2)n[nH]1)[C@H](Cc1ccccc1)NCc1cscn1. The molecule has 3 aromatic heterocycles. The van der Waals surface area contributed by atoms with Crippen LogP contribution in [0.25, 0.3) is 11.3 Å². The van der Waals surface area contributed by atoms with Crippen molar-refractivity contribution in [3.63, 3.8) is 0 Å². The predicted octanol–water partition coefficient (Wildman–Crippen LogP) is 3.27. The number of hydrogen-bond donors (Lipinski definition) is 3. The number of nitrogens with one attached hydrogen (secondary N) is 3. The molecular formula is C21H20N6OS. The molecule has 1 amide bonds. The Morgan fingerprint density at radius 3 is 2.72 bits per heavy atom. The maximum absolute atomic E-state index is 13.0. The van der Waals surface area contributed by atoms with Crippen molar-refractivity contribution in [1.82, 2.24) is 25.5 Å². The van der Waals surface area contributed by atoms with Crippen LogP contribution in [0.2, 0.25) is 0 Å². The summed E-state index contributed by atoms with van der Waals surface area (Å²) in [5, 5.41) is 15.4. The summed E-state index contributed by atoms with van der Waals surface area (Å²) in [7, 11) is 0. The highest BCUT2D eigenvalue weighted by Crippen LogP contribution is 2.19. The van der Waals surface area contributed by atoms with E-state index >= 15 is 0 Å². The molecule has 0 spiro atoms. The van der Waals surface area contributed by atoms with Crippen LogP contribution in [0.3, 0.4) is 0 Å². The zero-order chi connectivity index (χ0) is 19.9. The van der Waals surface area contributed by atoms with Gasteiger partial charge in [0.05, 0.1) is 22.9 Å². The summed E-state index contributed by atoms with van der Waals surface area (Å²) in [4.78, 5) is 21.3. The number of thiazole rings is 1. The Hall–Kier alpha value is -3.36. The fourth-order valence-corrected chi connectivity index (χ4v) is 3.49. The van der Waals surface area contributed by atoms with Crippen LogP contribution in [0.15, 0.2) is 71.8 Å². The van der Waals surface area contributed by atoms with Crippen molar-refractivity contribution in [1.29, 1.82) is 0 Å². The van der Waals surface area contributed by atoms with Crippen molar-refractivity contribution in [2.45, 2.75) is 19.0 Å². The lowest BCUT2D eigenvalue weighted by atomic mass is 10.1. The van der Waals surface area contributed by atoms with Gasteiger partial charge in [0.1, 0.15) is 5.82 Å². The number of nitrogens with zero attached hydrogens (tertiary/aromatic N) is 3. The van der Waals surface area contributed by atoms with Crippen LogP contribution in [-0.4, -0.2) is 32.1 Å². The van der Waals surface area contributed by atoms with Crippen molar-refractivity contribution in [3.8, 4) is 11.3 Å². The van der Waals surface area contributed by atoms with Crippen molar-refractivity contribution in [2.75, 3.05) is 5.32 Å². The fraction of sp³-hybridized carbons (Fsp3) is 0.143. The lowest BCUT2D eigenvalue weighted by Gasteiger charge is -2.17. The van der Waals surface area contributed by atoms with Crippen molar-refractivity contribution < 1.29 is 4.79 Å². The van der Waals surface area contributed by atoms with E-state index in [0.29, 0.717) is 18.8 Å². The largest absolute Gasteiger partial charge is 0.310 e. The van der Waals surface area contributed by atoms with Crippen LogP contribution in [0.1, 0.15) is 11.3 Å². The molecular weight excluding hydrogens is 384 g/mol. The molecule has 0 saturated carbocycles. The Kier molecular flexibility index (Phi) is 6.04. The number of amides is 1. The first-order chi connectivity index (χ1) is 14.3. The maximum atomic E-state index is 13.0. The van der Waals surface area contributed by atoms with Crippen molar-refractivity contribution >= 4 is 23.1 Å². The molecule has 0 unspecified atom stereocenters. The molecule has 1 atom stereocenters. The molecule has 0 aliphatic rings. The molecule has 0 aliphatic heterocycles. The monoisotopic (exact) mass is 404 g/mol. The molecule has 0 aliphatic carbocycles. The third-order valence-electron chi connectivity index (χ3n) is 4.42. The first-order valence-corrected chi connectivity index (χ1v) is 10.1. The summed E-state index contributed by atoms with van der Waals surface area (Å²) in [6, 6.07) is 15.1. The minimum atomic E-state index is -0.410. The maximum Gasteiger partial charge on any atom is 0.243 e. The third-order valence-corrected chi connectivity index (χ3v) is 5.06. The lowest BCUT2D eigenvalue weighted by Crippen LogP contribution is -2.42. The van der Waals surface area contributed by atoms with E-state index in [1.807, 2.05) is 53.9 Å². The summed E-state index contributed by atoms with van der Waals surface area (Å²) in [5.41, 5.74) is 5.47. The van der Waals surface area contributed by atoms with Gasteiger partial charge in [-0.2, -0.15) is 5.10 Å². The lowest BCUT2D eigenvalue weighted by molar-refractivity contribution is -0.118. The van der Waals surface area contributed by atoms with Crippen molar-refractivity contribution in [2.24, 2.45) is 0 Å². The highest BCUT2D eigenvalue weighted by molar-refractivity contribution is 7.07. The number of carbonyl (C=O) groups excluding carboxylic acids is 1. The second-order valence-corrected chi connectivity index (χ2v) is 7.21. The number of pyridine rings is 1. The quantitative estimate of drug-likeness (QED) is 0.419. The van der Waals surface area contributed by atoms with Crippen LogP contribution >= 0.6 is 11.3 Å². The van der Waals surface area contributed by atoms with E-state index in [2.05, 4.69) is 30.8 Å². The van der Waals surface area contributed by atoms with E-state index < -0.39 is 6.04 Å². The van der Waals surface area contributed by atoms with Gasteiger partial charge in [0.2, 0.25) is 5.91 Å². The smallest absolute Gasteiger partial charge is 0.243 e. The Morgan fingerprint density at radius 2 is 1.97 bits per heavy atom. The second kappa shape index (κ2) is 9.22. The first kappa shape index (κ1) is 19.0. The van der Waals surface area contributed by atoms with E-state index in [4.69, 9.17) is 0 Å². The minimum Gasteiger partial charge on any atom is -0.310 e. The number of rotatable bonds is 8. The molecule has 29 heavy (non-hydrogen) atoms. The first-order valence-electron chi connectivity index (χ1n) is 9.19. The Balaban J connectivity index is 1.46. The van der Waals surface area contributed by atoms with E-state index in [9.17, 15) is 4.79 Å². The van der Waals surface area contributed by atoms with Gasteiger partial charge < -0.3 is 5.32 Å². The molecule has 8 heteroatoms. The number of benzene rings is 1. The van der Waals surface area contributed by atoms with E-state index in [1.54, 1.807) is 17.9 Å². The van der Waals surface area contributed by atoms with Crippen molar-refractivity contribution in [3.05, 3.63) is 83.1 Å². The molecule has 7 nitrogen and oxygen atoms in total. The fourth-order valence-electron chi connectivity index (χ4n) is 2.94. The Bertz CT molecular complexity index is 1030. The van der Waals surface area contributed by atoms with Gasteiger partial charge in [0.25, 0.3) is 0 Å². The molecule has 0 radical (unpaired) electrons. The highest BCUT2D eigenvalue weighted by Gasteiger charge is 2.20. The summed E-state index contributed by atoms with van der Waals surface area (Å²) in [5.74, 6) is 0.421. The standard InChI is InChI=1S/C21H20N6OS/c28-21(25-20-11-18(26-27-20)16-6-8-22-9-7-16)19(10-15-4-2-1-3-5-15)23-12-17-13-29-14-24-17/h1-9,11,13-14,19,23H,10,12H2,(H2,25,26,27,28)/t19-/m0/s1. The van der Waals surface area contributed by atoms with Crippen LogP contribution < -0.4 is 10.6 Å². The second-order valence-electron chi connectivity index (χ2n) is 6.49. The van der Waals surface area contributed by atoms with Crippen LogP contribution in [0, 0.1) is 0 Å². The summed E-state index contributed by atoms with van der Waals surface area (Å²) in [6.07, 6.45) is 3.99. The van der Waals surface area contributed by atoms with Gasteiger partial charge in [-0.3, -0.25) is 20.2 Å². The normalized spacial score (nSPS) is 11.9. The average Bonchev–Trinajstić information content (AvgIpc) is 3.45. The molecule has 1 aromatic carbocycles. The number of H-pyrrole nitrogens is 1. The number of anilines is 1. The Morgan fingerprint density at radius 1 is 1.14 bits per heavy atom. The summed E-state index contributed by atoms with van der Waals surface area (Å²) < 4.78 is 0. The number of carbonyl (C=O) groups is 1. The highest BCUT2D eigenvalue weighted by atomic mass is 32.1. The van der Waals surface area contributed by atoms with Gasteiger partial charge in [-0.1, -0.05) is 30.3 Å². The summed E-state index contributed by atoms with van der Waals surface area (Å²) in [6.45, 7) is 0.527. The molecule has 146 valence electrons. The van der Waals surface area contributed by atoms with Crippen LogP contribution in [-0.2, 0) is 17.8 Å². The van der Waals surface area contributed by atoms with Gasteiger partial charge in [-0.05, 0) is 24.1 Å². The van der Waals surface area contributed by atoms with Crippen LogP contribution in [0.5, 0.6) is 0 Å². The zero-order valence-electron chi connectivity index (χ0n) is 15.6. The van der Waals surface area contributed by atoms with Gasteiger partial charge in [-0.25, -0.2) is 4.98 Å². The molecule has 0 bridgehead atoms. The van der Waals surface area contributed by atoms with Gasteiger partial charge in [-0.15, -0.1) is 11.3 Å². The predicted molar refractivity (Wildman–Crippen MR) is 113 cm³/mol. The number of hydrogen-bond acceptors (Lipinski definition) is 6. The topological polar surface area (TPSA) is 95.6 Å². The van der Waals surface area contributed by atoms with E-state index in [1.165, 1.54) is 11.3 Å². The molecule has 3 N–H and O–H groups in total. The average molecular weight is 404 g/mol. The van der Waals surface area contributed by atoms with Gasteiger partial charge in [0, 0.05) is 35.9 Å². The molecule has 4 rings (SSSR count). The van der Waals surface area contributed by atoms with Crippen LogP contribution in [0.4, 0.5) is 5.82 Å². The zero-order valence-corrected chi connectivity index (χ0v) is 16.4. The molecule has 3 heterocycles. The van der Waals surface area contributed by atoms with Gasteiger partial charge >= 0.3 is 0 Å².